The Labute approximate surface area is 153 Å². The summed E-state index contributed by atoms with van der Waals surface area (Å²) in [6, 6.07) is 10.6. The van der Waals surface area contributed by atoms with Gasteiger partial charge < -0.3 is 19.9 Å². The van der Waals surface area contributed by atoms with Crippen LogP contribution in [0.25, 0.3) is 0 Å². The summed E-state index contributed by atoms with van der Waals surface area (Å²) in [5.74, 6) is 1.78. The van der Waals surface area contributed by atoms with Crippen molar-refractivity contribution in [1.82, 2.24) is 15.1 Å². The summed E-state index contributed by atoms with van der Waals surface area (Å²) >= 11 is 0. The van der Waals surface area contributed by atoms with Gasteiger partial charge in [0.2, 0.25) is 0 Å². The number of benzene rings is 1. The number of guanidine groups is 1. The van der Waals surface area contributed by atoms with Crippen molar-refractivity contribution in [2.24, 2.45) is 10.9 Å². The SMILES string of the molecule is CN=C(NCCN(C)Cc1ccccc1)N(C)CCC1CCOCC1. The number of hydrogen-bond acceptors (Lipinski definition) is 3. The fraction of sp³-hybridized carbons (Fsp3) is 0.650. The number of nitrogens with zero attached hydrogens (tertiary/aromatic N) is 3. The molecule has 0 aliphatic carbocycles. The highest BCUT2D eigenvalue weighted by Gasteiger charge is 2.15. The Morgan fingerprint density at radius 2 is 1.88 bits per heavy atom. The van der Waals surface area contributed by atoms with Crippen LogP contribution >= 0.6 is 0 Å². The first kappa shape index (κ1) is 19.7. The highest BCUT2D eigenvalue weighted by Crippen LogP contribution is 2.18. The Hall–Kier alpha value is -1.59. The van der Waals surface area contributed by atoms with Gasteiger partial charge in [-0.3, -0.25) is 4.99 Å². The van der Waals surface area contributed by atoms with Gasteiger partial charge in [0, 0.05) is 53.5 Å². The van der Waals surface area contributed by atoms with Crippen molar-refractivity contribution in [3.8, 4) is 0 Å². The molecule has 5 nitrogen and oxygen atoms in total. The molecule has 5 heteroatoms. The molecule has 0 amide bonds. The van der Waals surface area contributed by atoms with E-state index >= 15 is 0 Å². The maximum atomic E-state index is 5.44. The number of aliphatic imine (C=N–C) groups is 1. The van der Waals surface area contributed by atoms with E-state index in [1.807, 2.05) is 7.05 Å². The van der Waals surface area contributed by atoms with Crippen molar-refractivity contribution in [1.29, 1.82) is 0 Å². The minimum absolute atomic E-state index is 0.798. The third-order valence-corrected chi connectivity index (χ3v) is 4.86. The first-order valence-corrected chi connectivity index (χ1v) is 9.41. The first-order chi connectivity index (χ1) is 12.2. The van der Waals surface area contributed by atoms with Gasteiger partial charge in [-0.1, -0.05) is 30.3 Å². The highest BCUT2D eigenvalue weighted by atomic mass is 16.5. The summed E-state index contributed by atoms with van der Waals surface area (Å²) in [6.07, 6.45) is 3.61. The van der Waals surface area contributed by atoms with E-state index in [2.05, 4.69) is 64.5 Å². The average Bonchev–Trinajstić information content (AvgIpc) is 2.65. The minimum atomic E-state index is 0.798. The number of likely N-dealkylation sites (N-methyl/N-ethyl adjacent to an activating group) is 1. The van der Waals surface area contributed by atoms with Gasteiger partial charge in [0.15, 0.2) is 5.96 Å². The van der Waals surface area contributed by atoms with Gasteiger partial charge in [-0.15, -0.1) is 0 Å². The normalized spacial score (nSPS) is 16.2. The fourth-order valence-electron chi connectivity index (χ4n) is 3.23. The van der Waals surface area contributed by atoms with Crippen LogP contribution in [0.2, 0.25) is 0 Å². The Bertz CT molecular complexity index is 500. The summed E-state index contributed by atoms with van der Waals surface area (Å²) in [4.78, 5) is 8.99. The summed E-state index contributed by atoms with van der Waals surface area (Å²) in [5.41, 5.74) is 1.35. The molecule has 1 N–H and O–H groups in total. The van der Waals surface area contributed by atoms with Crippen LogP contribution in [0.1, 0.15) is 24.8 Å². The van der Waals surface area contributed by atoms with Crippen LogP contribution in [-0.2, 0) is 11.3 Å². The quantitative estimate of drug-likeness (QED) is 0.580. The zero-order valence-electron chi connectivity index (χ0n) is 16.1. The molecule has 1 aliphatic heterocycles. The molecule has 0 aromatic heterocycles. The zero-order valence-corrected chi connectivity index (χ0v) is 16.1. The van der Waals surface area contributed by atoms with E-state index in [0.717, 1.165) is 51.3 Å². The summed E-state index contributed by atoms with van der Waals surface area (Å²) in [6.45, 7) is 5.76. The number of hydrogen-bond donors (Lipinski definition) is 1. The fourth-order valence-corrected chi connectivity index (χ4v) is 3.23. The van der Waals surface area contributed by atoms with Crippen LogP contribution in [0.3, 0.4) is 0 Å². The smallest absolute Gasteiger partial charge is 0.193 e. The molecule has 0 unspecified atom stereocenters. The van der Waals surface area contributed by atoms with Gasteiger partial charge >= 0.3 is 0 Å². The molecule has 0 bridgehead atoms. The monoisotopic (exact) mass is 346 g/mol. The van der Waals surface area contributed by atoms with Crippen LogP contribution in [0, 0.1) is 5.92 Å². The molecular weight excluding hydrogens is 312 g/mol. The van der Waals surface area contributed by atoms with E-state index in [1.54, 1.807) is 0 Å². The second-order valence-electron chi connectivity index (χ2n) is 6.96. The molecule has 0 radical (unpaired) electrons. The van der Waals surface area contributed by atoms with E-state index in [9.17, 15) is 0 Å². The summed E-state index contributed by atoms with van der Waals surface area (Å²) < 4.78 is 5.44. The lowest BCUT2D eigenvalue weighted by Crippen LogP contribution is -2.42. The van der Waals surface area contributed by atoms with Gasteiger partial charge in [-0.05, 0) is 37.8 Å². The molecular formula is C20H34N4O. The van der Waals surface area contributed by atoms with Gasteiger partial charge in [-0.25, -0.2) is 0 Å². The number of nitrogens with one attached hydrogen (secondary N) is 1. The molecule has 0 saturated carbocycles. The molecule has 0 spiro atoms. The lowest BCUT2D eigenvalue weighted by Gasteiger charge is -2.27. The molecule has 1 saturated heterocycles. The van der Waals surface area contributed by atoms with E-state index in [1.165, 1.54) is 24.8 Å². The molecule has 1 aromatic carbocycles. The molecule has 1 aromatic rings. The second kappa shape index (κ2) is 11.1. The molecule has 140 valence electrons. The minimum Gasteiger partial charge on any atom is -0.381 e. The molecule has 0 atom stereocenters. The van der Waals surface area contributed by atoms with Crippen LogP contribution < -0.4 is 5.32 Å². The predicted octanol–water partition coefficient (Wildman–Crippen LogP) is 2.44. The van der Waals surface area contributed by atoms with E-state index in [-0.39, 0.29) is 0 Å². The zero-order chi connectivity index (χ0) is 17.9. The van der Waals surface area contributed by atoms with Crippen LogP contribution in [0.5, 0.6) is 0 Å². The topological polar surface area (TPSA) is 40.1 Å². The van der Waals surface area contributed by atoms with Crippen LogP contribution in [-0.4, -0.2) is 69.8 Å². The van der Waals surface area contributed by atoms with Gasteiger partial charge in [0.05, 0.1) is 0 Å². The Morgan fingerprint density at radius 3 is 2.56 bits per heavy atom. The second-order valence-corrected chi connectivity index (χ2v) is 6.96. The Balaban J connectivity index is 1.64. The number of rotatable bonds is 8. The molecule has 1 fully saturated rings. The van der Waals surface area contributed by atoms with E-state index in [0.29, 0.717) is 0 Å². The molecule has 1 aliphatic rings. The van der Waals surface area contributed by atoms with Gasteiger partial charge in [-0.2, -0.15) is 0 Å². The number of ether oxygens (including phenoxy) is 1. The summed E-state index contributed by atoms with van der Waals surface area (Å²) in [5, 5.41) is 3.48. The third kappa shape index (κ3) is 7.45. The predicted molar refractivity (Wildman–Crippen MR) is 105 cm³/mol. The van der Waals surface area contributed by atoms with Crippen molar-refractivity contribution in [3.05, 3.63) is 35.9 Å². The Morgan fingerprint density at radius 1 is 1.16 bits per heavy atom. The highest BCUT2D eigenvalue weighted by molar-refractivity contribution is 5.79. The van der Waals surface area contributed by atoms with Gasteiger partial charge in [0.25, 0.3) is 0 Å². The van der Waals surface area contributed by atoms with Crippen molar-refractivity contribution in [2.75, 3.05) is 54.0 Å². The van der Waals surface area contributed by atoms with Gasteiger partial charge in [0.1, 0.15) is 0 Å². The lowest BCUT2D eigenvalue weighted by molar-refractivity contribution is 0.0625. The maximum absolute atomic E-state index is 5.44. The maximum Gasteiger partial charge on any atom is 0.193 e. The third-order valence-electron chi connectivity index (χ3n) is 4.86. The molecule has 2 rings (SSSR count). The van der Waals surface area contributed by atoms with Crippen molar-refractivity contribution < 1.29 is 4.74 Å². The van der Waals surface area contributed by atoms with Crippen molar-refractivity contribution in [2.45, 2.75) is 25.8 Å². The average molecular weight is 347 g/mol. The summed E-state index contributed by atoms with van der Waals surface area (Å²) in [7, 11) is 6.15. The van der Waals surface area contributed by atoms with Crippen LogP contribution in [0.15, 0.2) is 35.3 Å². The lowest BCUT2D eigenvalue weighted by atomic mass is 9.96. The van der Waals surface area contributed by atoms with E-state index < -0.39 is 0 Å². The van der Waals surface area contributed by atoms with Crippen molar-refractivity contribution in [3.63, 3.8) is 0 Å². The van der Waals surface area contributed by atoms with Crippen molar-refractivity contribution >= 4 is 5.96 Å². The van der Waals surface area contributed by atoms with Crippen LogP contribution in [0.4, 0.5) is 0 Å². The standard InChI is InChI=1S/C20H34N4O/c1-21-20(24(3)13-9-18-10-15-25-16-11-18)22-12-14-23(2)17-19-7-5-4-6-8-19/h4-8,18H,9-17H2,1-3H3,(H,21,22). The first-order valence-electron chi connectivity index (χ1n) is 9.41. The largest absolute Gasteiger partial charge is 0.381 e. The Kier molecular flexibility index (Phi) is 8.77. The van der Waals surface area contributed by atoms with E-state index in [4.69, 9.17) is 4.74 Å². The molecule has 25 heavy (non-hydrogen) atoms. The molecule has 1 heterocycles.